The minimum Gasteiger partial charge on any atom is -0.478 e. The molecule has 1 aromatic carbocycles. The summed E-state index contributed by atoms with van der Waals surface area (Å²) in [7, 11) is 0. The summed E-state index contributed by atoms with van der Waals surface area (Å²) in [5, 5.41) is 13.1. The predicted molar refractivity (Wildman–Crippen MR) is 107 cm³/mol. The lowest BCUT2D eigenvalue weighted by molar-refractivity contribution is -0.130. The van der Waals surface area contributed by atoms with E-state index in [1.807, 2.05) is 6.07 Å². The summed E-state index contributed by atoms with van der Waals surface area (Å²) in [5.74, 6) is -1.05. The number of carbonyl (C=O) groups excluding carboxylic acids is 1. The molecule has 144 valence electrons. The van der Waals surface area contributed by atoms with Gasteiger partial charge in [0.25, 0.3) is 0 Å². The van der Waals surface area contributed by atoms with Gasteiger partial charge in [-0.05, 0) is 17.7 Å². The van der Waals surface area contributed by atoms with Crippen LogP contribution in [-0.2, 0) is 16.0 Å². The number of hydrogen-bond acceptors (Lipinski definition) is 5. The SMILES string of the molecule is O=C(Cc1ncco1)Nc1ccnc2[nH]cc(C=C(C(=O)O)c3ccccc3)c12. The van der Waals surface area contributed by atoms with E-state index < -0.39 is 5.97 Å². The first-order valence-electron chi connectivity index (χ1n) is 8.76. The molecule has 0 fully saturated rings. The van der Waals surface area contributed by atoms with Crippen LogP contribution < -0.4 is 5.32 Å². The molecule has 0 saturated carbocycles. The van der Waals surface area contributed by atoms with Crippen LogP contribution in [0.5, 0.6) is 0 Å². The van der Waals surface area contributed by atoms with Crippen molar-refractivity contribution in [3.63, 3.8) is 0 Å². The molecule has 3 aromatic heterocycles. The number of oxazole rings is 1. The molecular formula is C21H16N4O4. The first kappa shape index (κ1) is 18.2. The number of benzene rings is 1. The first-order valence-corrected chi connectivity index (χ1v) is 8.76. The van der Waals surface area contributed by atoms with Gasteiger partial charge in [0.2, 0.25) is 11.8 Å². The lowest BCUT2D eigenvalue weighted by Gasteiger charge is -2.07. The van der Waals surface area contributed by atoms with Gasteiger partial charge in [-0.15, -0.1) is 0 Å². The number of carbonyl (C=O) groups is 2. The lowest BCUT2D eigenvalue weighted by atomic mass is 10.0. The number of amides is 1. The molecule has 3 heterocycles. The third kappa shape index (κ3) is 3.91. The number of aromatic nitrogens is 3. The van der Waals surface area contributed by atoms with Crippen molar-refractivity contribution in [2.75, 3.05) is 5.32 Å². The Kier molecular flexibility index (Phi) is 4.90. The van der Waals surface area contributed by atoms with Gasteiger partial charge in [-0.2, -0.15) is 0 Å². The number of pyridine rings is 1. The number of aromatic amines is 1. The standard InChI is InChI=1S/C21H16N4O4/c26-17(11-18-22-8-9-29-18)25-16-6-7-23-20-19(16)14(12-24-20)10-15(21(27)28)13-4-2-1-3-5-13/h1-10,12H,11H2,(H,27,28)(H2,23,24,25,26). The second kappa shape index (κ2) is 7.81. The van der Waals surface area contributed by atoms with E-state index in [1.165, 1.54) is 12.5 Å². The molecule has 8 nitrogen and oxygen atoms in total. The molecule has 1 amide bonds. The highest BCUT2D eigenvalue weighted by Gasteiger charge is 2.16. The first-order chi connectivity index (χ1) is 14.1. The average molecular weight is 388 g/mol. The summed E-state index contributed by atoms with van der Waals surface area (Å²) in [6.45, 7) is 0. The molecule has 8 heteroatoms. The second-order valence-electron chi connectivity index (χ2n) is 6.21. The molecule has 0 unspecified atom stereocenters. The predicted octanol–water partition coefficient (Wildman–Crippen LogP) is 3.36. The fraction of sp³-hybridized carbons (Fsp3) is 0.0476. The number of anilines is 1. The van der Waals surface area contributed by atoms with E-state index in [-0.39, 0.29) is 17.9 Å². The molecule has 0 aliphatic rings. The van der Waals surface area contributed by atoms with Gasteiger partial charge in [0.15, 0.2) is 0 Å². The Morgan fingerprint density at radius 3 is 2.69 bits per heavy atom. The third-order valence-electron chi connectivity index (χ3n) is 4.29. The zero-order valence-electron chi connectivity index (χ0n) is 15.1. The van der Waals surface area contributed by atoms with Gasteiger partial charge >= 0.3 is 5.97 Å². The summed E-state index contributed by atoms with van der Waals surface area (Å²) in [4.78, 5) is 35.4. The van der Waals surface area contributed by atoms with Crippen LogP contribution in [0.1, 0.15) is 17.0 Å². The van der Waals surface area contributed by atoms with Crippen molar-refractivity contribution in [3.8, 4) is 0 Å². The van der Waals surface area contributed by atoms with Crippen LogP contribution in [0.15, 0.2) is 65.7 Å². The average Bonchev–Trinajstić information content (AvgIpc) is 3.37. The highest BCUT2D eigenvalue weighted by atomic mass is 16.4. The van der Waals surface area contributed by atoms with Crippen molar-refractivity contribution >= 4 is 40.2 Å². The Morgan fingerprint density at radius 1 is 1.14 bits per heavy atom. The van der Waals surface area contributed by atoms with Gasteiger partial charge in [-0.1, -0.05) is 30.3 Å². The molecule has 4 aromatic rings. The zero-order chi connectivity index (χ0) is 20.2. The number of carboxylic acids is 1. The number of rotatable bonds is 6. The van der Waals surface area contributed by atoms with E-state index >= 15 is 0 Å². The molecule has 3 N–H and O–H groups in total. The highest BCUT2D eigenvalue weighted by molar-refractivity contribution is 6.22. The van der Waals surface area contributed by atoms with Crippen molar-refractivity contribution in [3.05, 3.63) is 78.3 Å². The Labute approximate surface area is 164 Å². The van der Waals surface area contributed by atoms with Crippen LogP contribution >= 0.6 is 0 Å². The molecular weight excluding hydrogens is 372 g/mol. The van der Waals surface area contributed by atoms with Crippen LogP contribution in [0.25, 0.3) is 22.7 Å². The Bertz CT molecular complexity index is 1190. The van der Waals surface area contributed by atoms with Crippen molar-refractivity contribution in [1.82, 2.24) is 15.0 Å². The van der Waals surface area contributed by atoms with Crippen LogP contribution in [0, 0.1) is 0 Å². The van der Waals surface area contributed by atoms with E-state index in [1.54, 1.807) is 48.8 Å². The molecule has 0 radical (unpaired) electrons. The fourth-order valence-electron chi connectivity index (χ4n) is 3.01. The van der Waals surface area contributed by atoms with Gasteiger partial charge in [0, 0.05) is 23.3 Å². The van der Waals surface area contributed by atoms with E-state index in [0.29, 0.717) is 33.7 Å². The summed E-state index contributed by atoms with van der Waals surface area (Å²) in [5.41, 5.74) is 2.35. The maximum atomic E-state index is 12.4. The largest absolute Gasteiger partial charge is 0.478 e. The summed E-state index contributed by atoms with van der Waals surface area (Å²) >= 11 is 0. The molecule has 4 rings (SSSR count). The van der Waals surface area contributed by atoms with Crippen molar-refractivity contribution in [2.24, 2.45) is 0 Å². The molecule has 29 heavy (non-hydrogen) atoms. The number of carboxylic acid groups (broad SMARTS) is 1. The lowest BCUT2D eigenvalue weighted by Crippen LogP contribution is -2.15. The second-order valence-corrected chi connectivity index (χ2v) is 6.21. The third-order valence-corrected chi connectivity index (χ3v) is 4.29. The number of fused-ring (bicyclic) bond motifs is 1. The Balaban J connectivity index is 1.72. The van der Waals surface area contributed by atoms with E-state index in [2.05, 4.69) is 20.3 Å². The smallest absolute Gasteiger partial charge is 0.336 e. The van der Waals surface area contributed by atoms with Crippen molar-refractivity contribution < 1.29 is 19.1 Å². The van der Waals surface area contributed by atoms with Crippen LogP contribution in [0.3, 0.4) is 0 Å². The van der Waals surface area contributed by atoms with Gasteiger partial charge in [-0.3, -0.25) is 4.79 Å². The highest BCUT2D eigenvalue weighted by Crippen LogP contribution is 2.29. The minimum atomic E-state index is -1.05. The molecule has 0 saturated heterocycles. The van der Waals surface area contributed by atoms with Crippen LogP contribution in [0.2, 0.25) is 0 Å². The fourth-order valence-corrected chi connectivity index (χ4v) is 3.01. The van der Waals surface area contributed by atoms with Gasteiger partial charge in [-0.25, -0.2) is 14.8 Å². The number of H-pyrrole nitrogens is 1. The Hall–Kier alpha value is -4.20. The number of nitrogens with zero attached hydrogens (tertiary/aromatic N) is 2. The molecule has 0 aliphatic carbocycles. The van der Waals surface area contributed by atoms with Crippen molar-refractivity contribution in [2.45, 2.75) is 6.42 Å². The van der Waals surface area contributed by atoms with Crippen molar-refractivity contribution in [1.29, 1.82) is 0 Å². The molecule has 0 spiro atoms. The van der Waals surface area contributed by atoms with E-state index in [4.69, 9.17) is 4.42 Å². The molecule has 0 aliphatic heterocycles. The van der Waals surface area contributed by atoms with Gasteiger partial charge in [0.05, 0.1) is 17.5 Å². The number of aliphatic carboxylic acids is 1. The maximum Gasteiger partial charge on any atom is 0.336 e. The minimum absolute atomic E-state index is 0.0171. The topological polar surface area (TPSA) is 121 Å². The Morgan fingerprint density at radius 2 is 1.97 bits per heavy atom. The maximum absolute atomic E-state index is 12.4. The summed E-state index contributed by atoms with van der Waals surface area (Å²) in [6, 6.07) is 10.5. The van der Waals surface area contributed by atoms with E-state index in [9.17, 15) is 14.7 Å². The monoisotopic (exact) mass is 388 g/mol. The van der Waals surface area contributed by atoms with Gasteiger partial charge in [0.1, 0.15) is 18.3 Å². The van der Waals surface area contributed by atoms with Gasteiger partial charge < -0.3 is 19.8 Å². The van der Waals surface area contributed by atoms with Crippen LogP contribution in [-0.4, -0.2) is 31.9 Å². The molecule has 0 atom stereocenters. The normalized spacial score (nSPS) is 11.5. The number of hydrogen-bond donors (Lipinski definition) is 3. The summed E-state index contributed by atoms with van der Waals surface area (Å²) in [6.07, 6.45) is 7.63. The number of nitrogens with one attached hydrogen (secondary N) is 2. The molecule has 0 bridgehead atoms. The summed E-state index contributed by atoms with van der Waals surface area (Å²) < 4.78 is 5.10. The van der Waals surface area contributed by atoms with E-state index in [0.717, 1.165) is 0 Å². The van der Waals surface area contributed by atoms with Crippen LogP contribution in [0.4, 0.5) is 5.69 Å². The quantitative estimate of drug-likeness (QED) is 0.436. The zero-order valence-corrected chi connectivity index (χ0v) is 15.1.